The Morgan fingerprint density at radius 3 is 2.54 bits per heavy atom. The predicted molar refractivity (Wildman–Crippen MR) is 152 cm³/mol. The quantitative estimate of drug-likeness (QED) is 0.354. The van der Waals surface area contributed by atoms with Crippen molar-refractivity contribution in [2.75, 3.05) is 6.54 Å². The Bertz CT molecular complexity index is 982. The fraction of sp³-hybridized carbons (Fsp3) is 0.676. The third-order valence-corrected chi connectivity index (χ3v) is 11.5. The van der Waals surface area contributed by atoms with Crippen molar-refractivity contribution in [3.8, 4) is 0 Å². The van der Waals surface area contributed by atoms with Gasteiger partial charge in [0.1, 0.15) is 0 Å². The monoisotopic (exact) mass is 471 g/mol. The van der Waals surface area contributed by atoms with Crippen molar-refractivity contribution in [1.82, 2.24) is 0 Å². The van der Waals surface area contributed by atoms with E-state index in [0.717, 1.165) is 24.3 Å². The highest BCUT2D eigenvalue weighted by Crippen LogP contribution is 2.71. The Labute approximate surface area is 215 Å². The van der Waals surface area contributed by atoms with Crippen LogP contribution in [-0.2, 0) is 0 Å². The molecule has 5 aliphatic carbocycles. The van der Waals surface area contributed by atoms with Crippen LogP contribution in [0.25, 0.3) is 0 Å². The number of nitrogens with zero attached hydrogens (tertiary/aromatic N) is 1. The van der Waals surface area contributed by atoms with E-state index in [2.05, 4.69) is 64.7 Å². The average molecular weight is 472 g/mol. The summed E-state index contributed by atoms with van der Waals surface area (Å²) in [6.07, 6.45) is 30.0. The van der Waals surface area contributed by atoms with Gasteiger partial charge in [0.05, 0.1) is 0 Å². The maximum atomic E-state index is 5.19. The van der Waals surface area contributed by atoms with Crippen LogP contribution in [0.2, 0.25) is 0 Å². The highest BCUT2D eigenvalue weighted by molar-refractivity contribution is 5.96. The zero-order chi connectivity index (χ0) is 24.7. The van der Waals surface area contributed by atoms with E-state index in [1.54, 1.807) is 11.1 Å². The molecule has 190 valence electrons. The average Bonchev–Trinajstić information content (AvgIpc) is 3.22. The highest BCUT2D eigenvalue weighted by Gasteiger charge is 2.62. The molecule has 0 heterocycles. The number of allylic oxidation sites excluding steroid dienone is 9. The highest BCUT2D eigenvalue weighted by atomic mass is 14.8. The first-order valence-corrected chi connectivity index (χ1v) is 14.8. The van der Waals surface area contributed by atoms with E-state index in [4.69, 9.17) is 4.99 Å². The summed E-state index contributed by atoms with van der Waals surface area (Å²) < 4.78 is 0. The van der Waals surface area contributed by atoms with Gasteiger partial charge in [0.15, 0.2) is 0 Å². The number of hydrogen-bond acceptors (Lipinski definition) is 1. The zero-order valence-electron chi connectivity index (χ0n) is 23.0. The molecular weight excluding hydrogens is 422 g/mol. The third-order valence-electron chi connectivity index (χ3n) is 11.5. The van der Waals surface area contributed by atoms with Gasteiger partial charge in [-0.2, -0.15) is 0 Å². The maximum Gasteiger partial charge on any atom is 0.0420 e. The Hall–Kier alpha value is -1.63. The summed E-state index contributed by atoms with van der Waals surface area (Å²) in [7, 11) is 0. The minimum Gasteiger partial charge on any atom is -0.289 e. The Morgan fingerprint density at radius 1 is 1.00 bits per heavy atom. The summed E-state index contributed by atoms with van der Waals surface area (Å²) in [5.74, 6) is 2.41. The Morgan fingerprint density at radius 2 is 1.80 bits per heavy atom. The van der Waals surface area contributed by atoms with Crippen LogP contribution in [-0.4, -0.2) is 12.3 Å². The maximum absolute atomic E-state index is 5.19. The number of hydrogen-bond donors (Lipinski definition) is 0. The molecule has 0 radical (unpaired) electrons. The third kappa shape index (κ3) is 4.19. The Balaban J connectivity index is 1.37. The van der Waals surface area contributed by atoms with Crippen LogP contribution >= 0.6 is 0 Å². The van der Waals surface area contributed by atoms with Crippen LogP contribution in [0, 0.1) is 34.0 Å². The van der Waals surface area contributed by atoms with Crippen molar-refractivity contribution >= 4 is 5.71 Å². The summed E-state index contributed by atoms with van der Waals surface area (Å²) >= 11 is 0. The van der Waals surface area contributed by atoms with Gasteiger partial charge >= 0.3 is 0 Å². The van der Waals surface area contributed by atoms with E-state index >= 15 is 0 Å². The molecule has 0 aromatic carbocycles. The van der Waals surface area contributed by atoms with E-state index < -0.39 is 0 Å². The second-order valence-corrected chi connectivity index (χ2v) is 13.2. The van der Waals surface area contributed by atoms with E-state index in [-0.39, 0.29) is 0 Å². The first kappa shape index (κ1) is 25.0. The van der Waals surface area contributed by atoms with Gasteiger partial charge in [-0.1, -0.05) is 82.6 Å². The largest absolute Gasteiger partial charge is 0.289 e. The lowest BCUT2D eigenvalue weighted by Gasteiger charge is -2.63. The van der Waals surface area contributed by atoms with Crippen molar-refractivity contribution in [3.05, 3.63) is 59.8 Å². The second kappa shape index (κ2) is 9.68. The van der Waals surface area contributed by atoms with Gasteiger partial charge in [0.2, 0.25) is 0 Å². The van der Waals surface area contributed by atoms with Crippen LogP contribution in [0.15, 0.2) is 64.7 Å². The molecule has 0 aliphatic heterocycles. The summed E-state index contributed by atoms with van der Waals surface area (Å²) in [5, 5.41) is 0. The fourth-order valence-corrected chi connectivity index (χ4v) is 9.48. The molecule has 0 saturated heterocycles. The lowest BCUT2D eigenvalue weighted by atomic mass is 9.41. The first-order chi connectivity index (χ1) is 16.8. The summed E-state index contributed by atoms with van der Waals surface area (Å²) in [6.45, 7) is 15.1. The van der Waals surface area contributed by atoms with E-state index in [0.29, 0.717) is 16.2 Å². The molecule has 35 heavy (non-hydrogen) atoms. The van der Waals surface area contributed by atoms with Crippen LogP contribution in [0.4, 0.5) is 0 Å². The predicted octanol–water partition coefficient (Wildman–Crippen LogP) is 9.59. The molecule has 5 aliphatic rings. The SMILES string of the molecule is C=C/C=C\C(=C/C)C1=CCC2C1(C)CCC1C3(C)CCC(=NCC4CCCCC4)C=C3CCC12C. The van der Waals surface area contributed by atoms with Gasteiger partial charge in [0.25, 0.3) is 0 Å². The second-order valence-electron chi connectivity index (χ2n) is 13.2. The van der Waals surface area contributed by atoms with Gasteiger partial charge < -0.3 is 0 Å². The van der Waals surface area contributed by atoms with Crippen LogP contribution in [0.3, 0.4) is 0 Å². The molecule has 1 nitrogen and oxygen atoms in total. The molecule has 0 amide bonds. The summed E-state index contributed by atoms with van der Waals surface area (Å²) in [4.78, 5) is 5.19. The molecule has 0 aromatic rings. The summed E-state index contributed by atoms with van der Waals surface area (Å²) in [6, 6.07) is 0. The molecule has 3 saturated carbocycles. The number of rotatable bonds is 5. The Kier molecular flexibility index (Phi) is 6.92. The molecule has 0 N–H and O–H groups in total. The normalized spacial score (nSPS) is 41.3. The van der Waals surface area contributed by atoms with Crippen molar-refractivity contribution in [2.24, 2.45) is 39.0 Å². The van der Waals surface area contributed by atoms with Gasteiger partial charge in [-0.05, 0) is 116 Å². The van der Waals surface area contributed by atoms with Crippen LogP contribution in [0.1, 0.15) is 105 Å². The van der Waals surface area contributed by atoms with E-state index in [9.17, 15) is 0 Å². The minimum atomic E-state index is 0.303. The van der Waals surface area contributed by atoms with Gasteiger partial charge in [-0.15, -0.1) is 0 Å². The standard InChI is InChI=1S/C34H49N/c1-6-8-14-26(7-2)29-15-16-30-33(29,4)22-19-31-32(3)21-18-28(23-27(32)17-20-34(30,31)5)35-24-25-12-10-9-11-13-25/h6-8,14-15,23,25,30-31H,1,9-13,16-22,24H2,2-5H3/b14-8-,26-7+,35-28?. The molecular formula is C34H49N. The van der Waals surface area contributed by atoms with Crippen LogP contribution in [0.5, 0.6) is 0 Å². The summed E-state index contributed by atoms with van der Waals surface area (Å²) in [5.41, 5.74) is 7.28. The molecule has 0 spiro atoms. The van der Waals surface area contributed by atoms with Crippen molar-refractivity contribution in [1.29, 1.82) is 0 Å². The topological polar surface area (TPSA) is 12.4 Å². The van der Waals surface area contributed by atoms with E-state index in [1.807, 2.05) is 6.08 Å². The number of aliphatic imine (C=N–C) groups is 1. The lowest BCUT2D eigenvalue weighted by molar-refractivity contribution is -0.0969. The van der Waals surface area contributed by atoms with Crippen molar-refractivity contribution < 1.29 is 0 Å². The van der Waals surface area contributed by atoms with Crippen molar-refractivity contribution in [2.45, 2.75) is 105 Å². The van der Waals surface area contributed by atoms with E-state index in [1.165, 1.54) is 88.3 Å². The van der Waals surface area contributed by atoms with Gasteiger partial charge in [0, 0.05) is 12.3 Å². The smallest absolute Gasteiger partial charge is 0.0420 e. The molecule has 0 bridgehead atoms. The minimum absolute atomic E-state index is 0.303. The first-order valence-electron chi connectivity index (χ1n) is 14.8. The molecule has 5 unspecified atom stereocenters. The zero-order valence-corrected chi connectivity index (χ0v) is 23.0. The number of fused-ring (bicyclic) bond motifs is 5. The molecule has 5 atom stereocenters. The van der Waals surface area contributed by atoms with Gasteiger partial charge in [-0.3, -0.25) is 4.99 Å². The van der Waals surface area contributed by atoms with Gasteiger partial charge in [-0.25, -0.2) is 0 Å². The molecule has 5 rings (SSSR count). The molecule has 0 aromatic heterocycles. The molecule has 3 fully saturated rings. The molecule has 1 heteroatoms. The fourth-order valence-electron chi connectivity index (χ4n) is 9.48. The van der Waals surface area contributed by atoms with Crippen LogP contribution < -0.4 is 0 Å². The lowest BCUT2D eigenvalue weighted by Crippen LogP contribution is -2.56. The van der Waals surface area contributed by atoms with Crippen molar-refractivity contribution in [3.63, 3.8) is 0 Å².